The predicted molar refractivity (Wildman–Crippen MR) is 91.9 cm³/mol. The molecule has 0 aliphatic rings. The van der Waals surface area contributed by atoms with E-state index in [1.807, 2.05) is 37.3 Å². The van der Waals surface area contributed by atoms with Crippen molar-refractivity contribution in [3.05, 3.63) is 60.2 Å². The van der Waals surface area contributed by atoms with Crippen LogP contribution < -0.4 is 10.1 Å². The number of benzene rings is 2. The van der Waals surface area contributed by atoms with E-state index in [-0.39, 0.29) is 12.6 Å². The molecule has 0 fully saturated rings. The number of esters is 1. The number of ether oxygens (including phenoxy) is 2. The van der Waals surface area contributed by atoms with Crippen LogP contribution >= 0.6 is 0 Å². The van der Waals surface area contributed by atoms with Crippen LogP contribution in [0.2, 0.25) is 0 Å². The van der Waals surface area contributed by atoms with Gasteiger partial charge in [-0.2, -0.15) is 0 Å². The van der Waals surface area contributed by atoms with Gasteiger partial charge in [0.05, 0.1) is 5.69 Å². The minimum atomic E-state index is -0.601. The standard InChI is InChI=1S/C19H21NO4/c1-2-3-13-18(21)24-17-12-8-7-11-16(17)20-19(22)23-14-15-9-5-4-6-10-15/h4-12H,2-3,13-14H2,1H3,(H,20,22). The molecule has 0 heterocycles. The first kappa shape index (κ1) is 17.5. The lowest BCUT2D eigenvalue weighted by molar-refractivity contribution is -0.134. The number of carbonyl (C=O) groups excluding carboxylic acids is 2. The van der Waals surface area contributed by atoms with Gasteiger partial charge in [0.2, 0.25) is 0 Å². The van der Waals surface area contributed by atoms with E-state index in [4.69, 9.17) is 9.47 Å². The van der Waals surface area contributed by atoms with E-state index in [0.29, 0.717) is 17.9 Å². The lowest BCUT2D eigenvalue weighted by Gasteiger charge is -2.11. The second-order valence-corrected chi connectivity index (χ2v) is 5.26. The average Bonchev–Trinajstić information content (AvgIpc) is 2.61. The summed E-state index contributed by atoms with van der Waals surface area (Å²) in [7, 11) is 0. The molecule has 0 saturated carbocycles. The molecule has 2 rings (SSSR count). The maximum Gasteiger partial charge on any atom is 0.412 e. The summed E-state index contributed by atoms with van der Waals surface area (Å²) in [6.45, 7) is 2.18. The molecule has 0 aliphatic heterocycles. The largest absolute Gasteiger partial charge is 0.444 e. The van der Waals surface area contributed by atoms with Crippen molar-refractivity contribution in [2.75, 3.05) is 5.32 Å². The fourth-order valence-corrected chi connectivity index (χ4v) is 2.02. The number of anilines is 1. The van der Waals surface area contributed by atoms with Gasteiger partial charge in [0.1, 0.15) is 6.61 Å². The van der Waals surface area contributed by atoms with E-state index in [2.05, 4.69) is 5.32 Å². The van der Waals surface area contributed by atoms with Crippen LogP contribution in [-0.4, -0.2) is 12.1 Å². The van der Waals surface area contributed by atoms with Crippen LogP contribution in [0.4, 0.5) is 10.5 Å². The molecular weight excluding hydrogens is 306 g/mol. The van der Waals surface area contributed by atoms with Gasteiger partial charge in [-0.25, -0.2) is 4.79 Å². The third-order valence-electron chi connectivity index (χ3n) is 3.29. The third kappa shape index (κ3) is 5.76. The minimum absolute atomic E-state index is 0.172. The summed E-state index contributed by atoms with van der Waals surface area (Å²) in [4.78, 5) is 23.7. The average molecular weight is 327 g/mol. The van der Waals surface area contributed by atoms with E-state index in [1.165, 1.54) is 0 Å². The molecule has 0 aliphatic carbocycles. The van der Waals surface area contributed by atoms with E-state index in [0.717, 1.165) is 18.4 Å². The molecular formula is C19H21NO4. The molecule has 0 aromatic heterocycles. The predicted octanol–water partition coefficient (Wildman–Crippen LogP) is 4.53. The topological polar surface area (TPSA) is 64.6 Å². The van der Waals surface area contributed by atoms with Gasteiger partial charge >= 0.3 is 12.1 Å². The number of nitrogens with one attached hydrogen (secondary N) is 1. The van der Waals surface area contributed by atoms with Gasteiger partial charge in [0, 0.05) is 6.42 Å². The van der Waals surface area contributed by atoms with Crippen LogP contribution in [0.15, 0.2) is 54.6 Å². The molecule has 0 radical (unpaired) electrons. The maximum atomic E-state index is 11.9. The number of unbranched alkanes of at least 4 members (excludes halogenated alkanes) is 1. The van der Waals surface area contributed by atoms with Crippen molar-refractivity contribution in [2.24, 2.45) is 0 Å². The van der Waals surface area contributed by atoms with Gasteiger partial charge in [-0.1, -0.05) is 55.8 Å². The summed E-state index contributed by atoms with van der Waals surface area (Å²) in [6.07, 6.45) is 1.44. The summed E-state index contributed by atoms with van der Waals surface area (Å²) in [5.74, 6) is -0.000910. The van der Waals surface area contributed by atoms with E-state index < -0.39 is 6.09 Å². The second kappa shape index (κ2) is 9.35. The molecule has 0 bridgehead atoms. The minimum Gasteiger partial charge on any atom is -0.444 e. The van der Waals surface area contributed by atoms with Crippen molar-refractivity contribution < 1.29 is 19.1 Å². The Bertz CT molecular complexity index is 670. The van der Waals surface area contributed by atoms with Crippen molar-refractivity contribution in [3.8, 4) is 5.75 Å². The Kier molecular flexibility index (Phi) is 6.83. The highest BCUT2D eigenvalue weighted by atomic mass is 16.6. The van der Waals surface area contributed by atoms with Crippen molar-refractivity contribution >= 4 is 17.7 Å². The van der Waals surface area contributed by atoms with Crippen LogP contribution in [0.3, 0.4) is 0 Å². The Labute approximate surface area is 141 Å². The summed E-state index contributed by atoms with van der Waals surface area (Å²) in [6, 6.07) is 16.2. The quantitative estimate of drug-likeness (QED) is 0.599. The maximum absolute atomic E-state index is 11.9. The number of rotatable bonds is 7. The fourth-order valence-electron chi connectivity index (χ4n) is 2.02. The van der Waals surface area contributed by atoms with Crippen LogP contribution in [0, 0.1) is 0 Å². The Morgan fingerprint density at radius 3 is 2.46 bits per heavy atom. The molecule has 5 heteroatoms. The van der Waals surface area contributed by atoms with Gasteiger partial charge < -0.3 is 9.47 Å². The molecule has 2 aromatic carbocycles. The van der Waals surface area contributed by atoms with Crippen molar-refractivity contribution in [3.63, 3.8) is 0 Å². The fraction of sp³-hybridized carbons (Fsp3) is 0.263. The highest BCUT2D eigenvalue weighted by Gasteiger charge is 2.11. The van der Waals surface area contributed by atoms with Crippen molar-refractivity contribution in [2.45, 2.75) is 32.8 Å². The van der Waals surface area contributed by atoms with Gasteiger partial charge in [-0.05, 0) is 24.1 Å². The van der Waals surface area contributed by atoms with Crippen molar-refractivity contribution in [1.82, 2.24) is 0 Å². The first-order valence-electron chi connectivity index (χ1n) is 7.96. The lowest BCUT2D eigenvalue weighted by atomic mass is 10.2. The second-order valence-electron chi connectivity index (χ2n) is 5.26. The summed E-state index contributed by atoms with van der Waals surface area (Å²) in [5, 5.41) is 2.60. The Morgan fingerprint density at radius 1 is 1.00 bits per heavy atom. The molecule has 0 spiro atoms. The molecule has 5 nitrogen and oxygen atoms in total. The van der Waals surface area contributed by atoms with Crippen LogP contribution in [-0.2, 0) is 16.1 Å². The monoisotopic (exact) mass is 327 g/mol. The lowest BCUT2D eigenvalue weighted by Crippen LogP contribution is -2.15. The Morgan fingerprint density at radius 2 is 1.71 bits per heavy atom. The molecule has 0 saturated heterocycles. The highest BCUT2D eigenvalue weighted by Crippen LogP contribution is 2.24. The van der Waals surface area contributed by atoms with Gasteiger partial charge in [-0.15, -0.1) is 0 Å². The first-order chi connectivity index (χ1) is 11.7. The number of amides is 1. The molecule has 24 heavy (non-hydrogen) atoms. The van der Waals surface area contributed by atoms with Gasteiger partial charge in [0.15, 0.2) is 5.75 Å². The smallest absolute Gasteiger partial charge is 0.412 e. The van der Waals surface area contributed by atoms with Crippen molar-refractivity contribution in [1.29, 1.82) is 0 Å². The Hall–Kier alpha value is -2.82. The summed E-state index contributed by atoms with van der Waals surface area (Å²) < 4.78 is 10.5. The van der Waals surface area contributed by atoms with Crippen LogP contribution in [0.25, 0.3) is 0 Å². The summed E-state index contributed by atoms with van der Waals surface area (Å²) in [5.41, 5.74) is 1.30. The van der Waals surface area contributed by atoms with Crippen LogP contribution in [0.1, 0.15) is 31.7 Å². The van der Waals surface area contributed by atoms with Crippen LogP contribution in [0.5, 0.6) is 5.75 Å². The molecule has 2 aromatic rings. The Balaban J connectivity index is 1.91. The zero-order chi connectivity index (χ0) is 17.2. The molecule has 1 amide bonds. The first-order valence-corrected chi connectivity index (χ1v) is 7.96. The molecule has 1 N–H and O–H groups in total. The SMILES string of the molecule is CCCCC(=O)Oc1ccccc1NC(=O)OCc1ccccc1. The number of hydrogen-bond acceptors (Lipinski definition) is 4. The molecule has 0 atom stereocenters. The zero-order valence-electron chi connectivity index (χ0n) is 13.7. The molecule has 0 unspecified atom stereocenters. The zero-order valence-corrected chi connectivity index (χ0v) is 13.7. The third-order valence-corrected chi connectivity index (χ3v) is 3.29. The van der Waals surface area contributed by atoms with E-state index in [9.17, 15) is 9.59 Å². The number of carbonyl (C=O) groups is 2. The number of hydrogen-bond donors (Lipinski definition) is 1. The normalized spacial score (nSPS) is 10.0. The summed E-state index contributed by atoms with van der Waals surface area (Å²) >= 11 is 0. The van der Waals surface area contributed by atoms with Gasteiger partial charge in [-0.3, -0.25) is 10.1 Å². The van der Waals surface area contributed by atoms with E-state index >= 15 is 0 Å². The van der Waals surface area contributed by atoms with E-state index in [1.54, 1.807) is 24.3 Å². The highest BCUT2D eigenvalue weighted by molar-refractivity contribution is 5.87. The van der Waals surface area contributed by atoms with Gasteiger partial charge in [0.25, 0.3) is 0 Å². The number of para-hydroxylation sites is 2. The molecule has 126 valence electrons.